The Morgan fingerprint density at radius 1 is 1.24 bits per heavy atom. The highest BCUT2D eigenvalue weighted by atomic mass is 32.2. The number of aromatic nitrogens is 4. The minimum Gasteiger partial charge on any atom is -0.270 e. The largest absolute Gasteiger partial charge is 0.299 e. The summed E-state index contributed by atoms with van der Waals surface area (Å²) in [6.45, 7) is 5.11. The highest BCUT2D eigenvalue weighted by Crippen LogP contribution is 2.31. The van der Waals surface area contributed by atoms with E-state index in [9.17, 15) is 18.5 Å². The summed E-state index contributed by atoms with van der Waals surface area (Å²) < 4.78 is 28.7. The number of rotatable bonds is 4. The van der Waals surface area contributed by atoms with Crippen LogP contribution in [0.4, 0.5) is 11.4 Å². The SMILES string of the molecule is Cc1cnc2nc(S(=O)(=O)Nc3c([N+](=O)[O-])ccc(C)c3C)nn2c1. The molecular formula is C14H14N6O4S. The van der Waals surface area contributed by atoms with Crippen LogP contribution >= 0.6 is 0 Å². The molecule has 2 aromatic heterocycles. The van der Waals surface area contributed by atoms with Crippen LogP contribution in [-0.4, -0.2) is 32.9 Å². The van der Waals surface area contributed by atoms with Gasteiger partial charge in [-0.2, -0.15) is 13.4 Å². The van der Waals surface area contributed by atoms with Gasteiger partial charge in [-0.25, -0.2) is 9.50 Å². The molecule has 0 radical (unpaired) electrons. The summed E-state index contributed by atoms with van der Waals surface area (Å²) in [5.41, 5.74) is 1.50. The van der Waals surface area contributed by atoms with Crippen LogP contribution in [0.25, 0.3) is 5.78 Å². The molecule has 11 heteroatoms. The second kappa shape index (κ2) is 5.77. The molecule has 0 atom stereocenters. The van der Waals surface area contributed by atoms with E-state index in [-0.39, 0.29) is 17.2 Å². The number of sulfonamides is 1. The maximum atomic E-state index is 12.6. The molecule has 25 heavy (non-hydrogen) atoms. The number of benzene rings is 1. The molecule has 0 aliphatic rings. The fourth-order valence-electron chi connectivity index (χ4n) is 2.23. The molecular weight excluding hydrogens is 348 g/mol. The Morgan fingerprint density at radius 3 is 2.64 bits per heavy atom. The van der Waals surface area contributed by atoms with Crippen molar-refractivity contribution in [3.8, 4) is 0 Å². The minimum absolute atomic E-state index is 0.104. The lowest BCUT2D eigenvalue weighted by molar-refractivity contribution is -0.383. The summed E-state index contributed by atoms with van der Waals surface area (Å²) in [6, 6.07) is 2.81. The maximum absolute atomic E-state index is 12.6. The minimum atomic E-state index is -4.22. The molecule has 0 unspecified atom stereocenters. The van der Waals surface area contributed by atoms with Gasteiger partial charge in [0, 0.05) is 18.5 Å². The number of nitrogens with one attached hydrogen (secondary N) is 1. The Kier molecular flexibility index (Phi) is 3.87. The van der Waals surface area contributed by atoms with E-state index in [0.717, 1.165) is 5.56 Å². The third-order valence-corrected chi connectivity index (χ3v) is 4.82. The zero-order valence-corrected chi connectivity index (χ0v) is 14.4. The lowest BCUT2D eigenvalue weighted by Crippen LogP contribution is -2.17. The van der Waals surface area contributed by atoms with E-state index in [1.807, 2.05) is 0 Å². The molecule has 0 amide bonds. The predicted molar refractivity (Wildman–Crippen MR) is 88.9 cm³/mol. The second-order valence-corrected chi connectivity index (χ2v) is 7.11. The number of fused-ring (bicyclic) bond motifs is 1. The second-order valence-electron chi connectivity index (χ2n) is 5.53. The van der Waals surface area contributed by atoms with Gasteiger partial charge in [0.25, 0.3) is 26.6 Å². The zero-order chi connectivity index (χ0) is 18.4. The van der Waals surface area contributed by atoms with Crippen LogP contribution in [-0.2, 0) is 10.0 Å². The van der Waals surface area contributed by atoms with Crippen LogP contribution < -0.4 is 4.72 Å². The summed E-state index contributed by atoms with van der Waals surface area (Å²) in [4.78, 5) is 18.4. The number of hydrogen-bond donors (Lipinski definition) is 1. The van der Waals surface area contributed by atoms with E-state index >= 15 is 0 Å². The monoisotopic (exact) mass is 362 g/mol. The molecule has 0 saturated carbocycles. The highest BCUT2D eigenvalue weighted by molar-refractivity contribution is 7.92. The number of nitro groups is 1. The quantitative estimate of drug-likeness (QED) is 0.552. The number of nitrogens with zero attached hydrogens (tertiary/aromatic N) is 5. The molecule has 0 saturated heterocycles. The summed E-state index contributed by atoms with van der Waals surface area (Å²) >= 11 is 0. The average Bonchev–Trinajstić information content (AvgIpc) is 2.95. The normalized spacial score (nSPS) is 11.6. The van der Waals surface area contributed by atoms with Crippen molar-refractivity contribution in [2.24, 2.45) is 0 Å². The Morgan fingerprint density at radius 2 is 1.96 bits per heavy atom. The first-order valence-electron chi connectivity index (χ1n) is 7.15. The third kappa shape index (κ3) is 3.01. The molecule has 0 aliphatic carbocycles. The third-order valence-electron chi connectivity index (χ3n) is 3.69. The predicted octanol–water partition coefficient (Wildman–Crippen LogP) is 1.76. The van der Waals surface area contributed by atoms with Crippen LogP contribution in [0.3, 0.4) is 0 Å². The van der Waals surface area contributed by atoms with Gasteiger partial charge in [-0.05, 0) is 37.5 Å². The Bertz CT molecular complexity index is 1110. The first-order chi connectivity index (χ1) is 11.7. The fraction of sp³-hybridized carbons (Fsp3) is 0.214. The molecule has 3 aromatic rings. The summed E-state index contributed by atoms with van der Waals surface area (Å²) in [7, 11) is -4.22. The standard InChI is InChI=1S/C14H14N6O4S/c1-8-6-15-13-16-14(17-19(13)7-8)25(23,24)18-12-10(3)9(2)4-5-11(12)20(21)22/h4-7,18H,1-3H3. The average molecular weight is 362 g/mol. The van der Waals surface area contributed by atoms with Crippen LogP contribution in [0.1, 0.15) is 16.7 Å². The number of nitro benzene ring substituents is 1. The van der Waals surface area contributed by atoms with Gasteiger partial charge in [-0.1, -0.05) is 6.07 Å². The van der Waals surface area contributed by atoms with Crippen LogP contribution in [0.15, 0.2) is 29.7 Å². The van der Waals surface area contributed by atoms with E-state index in [4.69, 9.17) is 0 Å². The van der Waals surface area contributed by atoms with Crippen LogP contribution in [0, 0.1) is 30.9 Å². The zero-order valence-electron chi connectivity index (χ0n) is 13.6. The fourth-order valence-corrected chi connectivity index (χ4v) is 3.25. The van der Waals surface area contributed by atoms with Gasteiger partial charge >= 0.3 is 0 Å². The van der Waals surface area contributed by atoms with Gasteiger partial charge in [0.2, 0.25) is 0 Å². The molecule has 0 fully saturated rings. The lowest BCUT2D eigenvalue weighted by atomic mass is 10.1. The highest BCUT2D eigenvalue weighted by Gasteiger charge is 2.27. The van der Waals surface area contributed by atoms with E-state index in [2.05, 4.69) is 19.8 Å². The molecule has 0 spiro atoms. The van der Waals surface area contributed by atoms with Crippen molar-refractivity contribution in [2.45, 2.75) is 25.9 Å². The molecule has 2 heterocycles. The molecule has 1 aromatic carbocycles. The van der Waals surface area contributed by atoms with E-state index in [0.29, 0.717) is 11.1 Å². The summed E-state index contributed by atoms with van der Waals surface area (Å²) in [5, 5.41) is 14.6. The van der Waals surface area contributed by atoms with Crippen LogP contribution in [0.2, 0.25) is 0 Å². The maximum Gasteiger partial charge on any atom is 0.299 e. The van der Waals surface area contributed by atoms with Crippen molar-refractivity contribution in [1.29, 1.82) is 0 Å². The Labute approximate surface area is 142 Å². The van der Waals surface area contributed by atoms with Crippen molar-refractivity contribution in [2.75, 3.05) is 4.72 Å². The molecule has 0 bridgehead atoms. The molecule has 1 N–H and O–H groups in total. The van der Waals surface area contributed by atoms with E-state index in [1.165, 1.54) is 16.8 Å². The van der Waals surface area contributed by atoms with Gasteiger partial charge in [0.05, 0.1) is 4.92 Å². The van der Waals surface area contributed by atoms with Crippen molar-refractivity contribution in [3.05, 3.63) is 51.3 Å². The van der Waals surface area contributed by atoms with Gasteiger partial charge in [0.15, 0.2) is 0 Å². The van der Waals surface area contributed by atoms with Gasteiger partial charge in [-0.3, -0.25) is 14.8 Å². The first-order valence-corrected chi connectivity index (χ1v) is 8.64. The lowest BCUT2D eigenvalue weighted by Gasteiger charge is -2.10. The molecule has 3 rings (SSSR count). The molecule has 130 valence electrons. The summed E-state index contributed by atoms with van der Waals surface area (Å²) in [6.07, 6.45) is 3.11. The van der Waals surface area contributed by atoms with E-state index in [1.54, 1.807) is 33.0 Å². The number of anilines is 1. The summed E-state index contributed by atoms with van der Waals surface area (Å²) in [5.74, 6) is 0.112. The topological polar surface area (TPSA) is 132 Å². The van der Waals surface area contributed by atoms with Crippen molar-refractivity contribution in [1.82, 2.24) is 19.6 Å². The number of hydrogen-bond acceptors (Lipinski definition) is 7. The van der Waals surface area contributed by atoms with Gasteiger partial charge < -0.3 is 0 Å². The smallest absolute Gasteiger partial charge is 0.270 e. The molecule has 10 nitrogen and oxygen atoms in total. The van der Waals surface area contributed by atoms with E-state index < -0.39 is 20.1 Å². The van der Waals surface area contributed by atoms with Gasteiger partial charge in [0.1, 0.15) is 5.69 Å². The first kappa shape index (κ1) is 16.8. The number of aryl methyl sites for hydroxylation is 2. The van der Waals surface area contributed by atoms with Gasteiger partial charge in [-0.15, -0.1) is 5.10 Å². The Balaban J connectivity index is 2.10. The molecule has 0 aliphatic heterocycles. The van der Waals surface area contributed by atoms with Crippen molar-refractivity contribution in [3.63, 3.8) is 0 Å². The Hall–Kier alpha value is -3.08. The van der Waals surface area contributed by atoms with Crippen molar-refractivity contribution < 1.29 is 13.3 Å². The van der Waals surface area contributed by atoms with Crippen molar-refractivity contribution >= 4 is 27.2 Å². The van der Waals surface area contributed by atoms with Crippen LogP contribution in [0.5, 0.6) is 0 Å².